The van der Waals surface area contributed by atoms with Crippen molar-refractivity contribution >= 4 is 0 Å². The first-order valence-corrected chi connectivity index (χ1v) is 7.69. The standard InChI is InChI=1S/C15H30N2O/c1-4-16-14(13-8-11-18-12-13)15(17(2)3)9-6-5-7-10-15/h13-14,16H,4-12H2,1-3H3. The number of nitrogens with zero attached hydrogens (tertiary/aromatic N) is 1. The van der Waals surface area contributed by atoms with Gasteiger partial charge in [0.25, 0.3) is 0 Å². The molecule has 3 nitrogen and oxygen atoms in total. The van der Waals surface area contributed by atoms with Crippen LogP contribution in [0.4, 0.5) is 0 Å². The third-order valence-corrected chi connectivity index (χ3v) is 5.05. The first-order valence-electron chi connectivity index (χ1n) is 7.69. The summed E-state index contributed by atoms with van der Waals surface area (Å²) in [4.78, 5) is 2.50. The lowest BCUT2D eigenvalue weighted by Gasteiger charge is -2.50. The van der Waals surface area contributed by atoms with Crippen LogP contribution in [0.2, 0.25) is 0 Å². The van der Waals surface area contributed by atoms with Gasteiger partial charge in [-0.3, -0.25) is 0 Å². The van der Waals surface area contributed by atoms with Crippen molar-refractivity contribution in [3.8, 4) is 0 Å². The fourth-order valence-corrected chi connectivity index (χ4v) is 4.03. The molecule has 0 spiro atoms. The van der Waals surface area contributed by atoms with Crippen molar-refractivity contribution in [2.75, 3.05) is 33.9 Å². The molecular weight excluding hydrogens is 224 g/mol. The van der Waals surface area contributed by atoms with Crippen LogP contribution in [0.15, 0.2) is 0 Å². The van der Waals surface area contributed by atoms with Crippen LogP contribution < -0.4 is 5.32 Å². The van der Waals surface area contributed by atoms with E-state index in [0.717, 1.165) is 19.8 Å². The molecule has 2 aliphatic rings. The van der Waals surface area contributed by atoms with Crippen LogP contribution >= 0.6 is 0 Å². The quantitative estimate of drug-likeness (QED) is 0.814. The molecule has 1 saturated carbocycles. The number of hydrogen-bond acceptors (Lipinski definition) is 3. The highest BCUT2D eigenvalue weighted by Gasteiger charge is 2.45. The number of rotatable bonds is 5. The lowest BCUT2D eigenvalue weighted by atomic mass is 9.71. The number of ether oxygens (including phenoxy) is 1. The van der Waals surface area contributed by atoms with Gasteiger partial charge >= 0.3 is 0 Å². The van der Waals surface area contributed by atoms with E-state index in [1.54, 1.807) is 0 Å². The summed E-state index contributed by atoms with van der Waals surface area (Å²) in [5.74, 6) is 0.699. The molecule has 2 rings (SSSR count). The first kappa shape index (κ1) is 14.3. The van der Waals surface area contributed by atoms with Crippen LogP contribution in [-0.4, -0.2) is 50.3 Å². The number of hydrogen-bond donors (Lipinski definition) is 1. The summed E-state index contributed by atoms with van der Waals surface area (Å²) in [6.45, 7) is 5.20. The van der Waals surface area contributed by atoms with Crippen molar-refractivity contribution in [1.82, 2.24) is 10.2 Å². The van der Waals surface area contributed by atoms with E-state index in [4.69, 9.17) is 4.74 Å². The maximum absolute atomic E-state index is 5.64. The third-order valence-electron chi connectivity index (χ3n) is 5.05. The molecular formula is C15H30N2O. The summed E-state index contributed by atoms with van der Waals surface area (Å²) in [5, 5.41) is 3.79. The van der Waals surface area contributed by atoms with Gasteiger partial charge in [0, 0.05) is 24.1 Å². The van der Waals surface area contributed by atoms with Gasteiger partial charge < -0.3 is 15.0 Å². The average Bonchev–Trinajstić information content (AvgIpc) is 2.90. The summed E-state index contributed by atoms with van der Waals surface area (Å²) < 4.78 is 5.64. The van der Waals surface area contributed by atoms with Crippen LogP contribution in [0.25, 0.3) is 0 Å². The molecule has 0 aromatic heterocycles. The Balaban J connectivity index is 2.17. The zero-order valence-electron chi connectivity index (χ0n) is 12.4. The largest absolute Gasteiger partial charge is 0.381 e. The molecule has 106 valence electrons. The Hall–Kier alpha value is -0.120. The molecule has 1 N–H and O–H groups in total. The molecule has 18 heavy (non-hydrogen) atoms. The number of likely N-dealkylation sites (N-methyl/N-ethyl adjacent to an activating group) is 2. The molecule has 0 amide bonds. The highest BCUT2D eigenvalue weighted by atomic mass is 16.5. The van der Waals surface area contributed by atoms with E-state index in [9.17, 15) is 0 Å². The summed E-state index contributed by atoms with van der Waals surface area (Å²) in [7, 11) is 4.54. The summed E-state index contributed by atoms with van der Waals surface area (Å²) in [5.41, 5.74) is 0.354. The van der Waals surface area contributed by atoms with E-state index in [-0.39, 0.29) is 0 Å². The van der Waals surface area contributed by atoms with Gasteiger partial charge in [-0.1, -0.05) is 26.2 Å². The predicted octanol–water partition coefficient (Wildman–Crippen LogP) is 2.27. The fraction of sp³-hybridized carbons (Fsp3) is 1.00. The Morgan fingerprint density at radius 2 is 2.00 bits per heavy atom. The second-order valence-electron chi connectivity index (χ2n) is 6.22. The Morgan fingerprint density at radius 1 is 1.28 bits per heavy atom. The van der Waals surface area contributed by atoms with Gasteiger partial charge in [0.15, 0.2) is 0 Å². The molecule has 0 aromatic rings. The number of nitrogens with one attached hydrogen (secondary N) is 1. The minimum Gasteiger partial charge on any atom is -0.381 e. The Kier molecular flexibility index (Phi) is 5.05. The van der Waals surface area contributed by atoms with Crippen molar-refractivity contribution < 1.29 is 4.74 Å². The van der Waals surface area contributed by atoms with E-state index in [1.807, 2.05) is 0 Å². The molecule has 1 heterocycles. The summed E-state index contributed by atoms with van der Waals surface area (Å²) in [6, 6.07) is 0.598. The van der Waals surface area contributed by atoms with Crippen molar-refractivity contribution in [2.24, 2.45) is 5.92 Å². The first-order chi connectivity index (χ1) is 8.70. The molecule has 3 heteroatoms. The van der Waals surface area contributed by atoms with Gasteiger partial charge in [0.05, 0.1) is 6.61 Å². The second kappa shape index (κ2) is 6.36. The molecule has 2 fully saturated rings. The van der Waals surface area contributed by atoms with Gasteiger partial charge in [-0.05, 0) is 39.9 Å². The van der Waals surface area contributed by atoms with Crippen molar-refractivity contribution in [2.45, 2.75) is 57.0 Å². The molecule has 1 saturated heterocycles. The van der Waals surface area contributed by atoms with Crippen LogP contribution in [0.5, 0.6) is 0 Å². The van der Waals surface area contributed by atoms with Crippen LogP contribution in [0.1, 0.15) is 45.4 Å². The zero-order chi connectivity index (χ0) is 13.0. The van der Waals surface area contributed by atoms with Crippen LogP contribution in [0.3, 0.4) is 0 Å². The monoisotopic (exact) mass is 254 g/mol. The Morgan fingerprint density at radius 3 is 2.50 bits per heavy atom. The lowest BCUT2D eigenvalue weighted by Crippen LogP contribution is -2.62. The van der Waals surface area contributed by atoms with Crippen LogP contribution in [-0.2, 0) is 4.74 Å². The van der Waals surface area contributed by atoms with Gasteiger partial charge in [0.2, 0.25) is 0 Å². The molecule has 0 bridgehead atoms. The third kappa shape index (κ3) is 2.73. The molecule has 0 aromatic carbocycles. The lowest BCUT2D eigenvalue weighted by molar-refractivity contribution is 0.0297. The zero-order valence-corrected chi connectivity index (χ0v) is 12.4. The maximum Gasteiger partial charge on any atom is 0.0510 e. The topological polar surface area (TPSA) is 24.5 Å². The van der Waals surface area contributed by atoms with Gasteiger partial charge in [-0.25, -0.2) is 0 Å². The van der Waals surface area contributed by atoms with E-state index in [2.05, 4.69) is 31.2 Å². The van der Waals surface area contributed by atoms with Crippen molar-refractivity contribution in [3.05, 3.63) is 0 Å². The Bertz CT molecular complexity index is 243. The SMILES string of the molecule is CCNC(C1CCOC1)C1(N(C)C)CCCCC1. The Labute approximate surface area is 112 Å². The van der Waals surface area contributed by atoms with Crippen molar-refractivity contribution in [3.63, 3.8) is 0 Å². The van der Waals surface area contributed by atoms with E-state index in [1.165, 1.54) is 38.5 Å². The van der Waals surface area contributed by atoms with E-state index >= 15 is 0 Å². The molecule has 0 radical (unpaired) electrons. The van der Waals surface area contributed by atoms with E-state index < -0.39 is 0 Å². The average molecular weight is 254 g/mol. The summed E-state index contributed by atoms with van der Waals surface area (Å²) >= 11 is 0. The maximum atomic E-state index is 5.64. The molecule has 2 atom stereocenters. The second-order valence-corrected chi connectivity index (χ2v) is 6.22. The van der Waals surface area contributed by atoms with Crippen LogP contribution in [0, 0.1) is 5.92 Å². The van der Waals surface area contributed by atoms with Crippen molar-refractivity contribution in [1.29, 1.82) is 0 Å². The summed E-state index contributed by atoms with van der Waals surface area (Å²) in [6.07, 6.45) is 8.09. The van der Waals surface area contributed by atoms with Gasteiger partial charge in [-0.15, -0.1) is 0 Å². The fourth-order valence-electron chi connectivity index (χ4n) is 4.03. The highest BCUT2D eigenvalue weighted by Crippen LogP contribution is 2.39. The molecule has 2 unspecified atom stereocenters. The smallest absolute Gasteiger partial charge is 0.0510 e. The molecule has 1 aliphatic carbocycles. The highest BCUT2D eigenvalue weighted by molar-refractivity contribution is 5.03. The normalized spacial score (nSPS) is 29.7. The minimum atomic E-state index is 0.354. The minimum absolute atomic E-state index is 0.354. The molecule has 1 aliphatic heterocycles. The van der Waals surface area contributed by atoms with Gasteiger partial charge in [-0.2, -0.15) is 0 Å². The van der Waals surface area contributed by atoms with E-state index in [0.29, 0.717) is 17.5 Å². The predicted molar refractivity (Wildman–Crippen MR) is 75.9 cm³/mol. The van der Waals surface area contributed by atoms with Gasteiger partial charge in [0.1, 0.15) is 0 Å².